The highest BCUT2D eigenvalue weighted by molar-refractivity contribution is 5.40. The predicted molar refractivity (Wildman–Crippen MR) is 55.1 cm³/mol. The fourth-order valence-corrected chi connectivity index (χ4v) is 1.48. The quantitative estimate of drug-likeness (QED) is 0.773. The number of hydrogen-bond donors (Lipinski definition) is 2. The van der Waals surface area contributed by atoms with Crippen LogP contribution in [0, 0.1) is 12.8 Å². The topological polar surface area (TPSA) is 53.4 Å². The van der Waals surface area contributed by atoms with Gasteiger partial charge in [0, 0.05) is 11.8 Å². The predicted octanol–water partition coefficient (Wildman–Crippen LogP) is 1.79. The Hall–Kier alpha value is -1.09. The maximum absolute atomic E-state index is 9.67. The van der Waals surface area contributed by atoms with Gasteiger partial charge in [0.1, 0.15) is 5.75 Å². The number of aliphatic hydroxyl groups is 1. The van der Waals surface area contributed by atoms with Gasteiger partial charge in [-0.25, -0.2) is 0 Å². The number of aliphatic hydroxyl groups excluding tert-OH is 1. The number of pyridine rings is 1. The van der Waals surface area contributed by atoms with E-state index in [2.05, 4.69) is 18.8 Å². The summed E-state index contributed by atoms with van der Waals surface area (Å²) in [6, 6.07) is 0. The fraction of sp³-hybridized carbons (Fsp3) is 0.545. The Kier molecular flexibility index (Phi) is 3.47. The number of hydrogen-bond acceptors (Lipinski definition) is 3. The molecular weight excluding hydrogens is 178 g/mol. The first-order chi connectivity index (χ1) is 6.56. The zero-order valence-corrected chi connectivity index (χ0v) is 8.91. The fourth-order valence-electron chi connectivity index (χ4n) is 1.48. The van der Waals surface area contributed by atoms with E-state index >= 15 is 0 Å². The molecule has 78 valence electrons. The van der Waals surface area contributed by atoms with Gasteiger partial charge in [-0.3, -0.25) is 4.98 Å². The van der Waals surface area contributed by atoms with Crippen LogP contribution in [-0.4, -0.2) is 15.2 Å². The Labute approximate surface area is 84.4 Å². The molecule has 1 aromatic rings. The van der Waals surface area contributed by atoms with Crippen LogP contribution in [0.5, 0.6) is 5.75 Å². The third-order valence-electron chi connectivity index (χ3n) is 2.22. The standard InChI is InChI=1S/C11H17NO2/c1-7(2)4-9-5-12-8(3)11(14)10(9)6-13/h5,7,13-14H,4,6H2,1-3H3. The zero-order valence-electron chi connectivity index (χ0n) is 8.91. The monoisotopic (exact) mass is 195 g/mol. The van der Waals surface area contributed by atoms with Gasteiger partial charge in [0.15, 0.2) is 0 Å². The normalized spacial score (nSPS) is 10.9. The highest BCUT2D eigenvalue weighted by Gasteiger charge is 2.11. The van der Waals surface area contributed by atoms with E-state index in [0.717, 1.165) is 12.0 Å². The molecule has 0 bridgehead atoms. The van der Waals surface area contributed by atoms with Gasteiger partial charge >= 0.3 is 0 Å². The van der Waals surface area contributed by atoms with Gasteiger partial charge in [0.25, 0.3) is 0 Å². The molecule has 0 saturated carbocycles. The molecule has 0 radical (unpaired) electrons. The summed E-state index contributed by atoms with van der Waals surface area (Å²) in [6.07, 6.45) is 2.57. The molecule has 1 heterocycles. The van der Waals surface area contributed by atoms with Gasteiger partial charge < -0.3 is 10.2 Å². The molecule has 1 aromatic heterocycles. The molecule has 1 rings (SSSR count). The smallest absolute Gasteiger partial charge is 0.142 e. The molecule has 0 aliphatic heterocycles. The average Bonchev–Trinajstić information content (AvgIpc) is 2.11. The number of aromatic hydroxyl groups is 1. The minimum atomic E-state index is -0.128. The summed E-state index contributed by atoms with van der Waals surface area (Å²) >= 11 is 0. The Morgan fingerprint density at radius 3 is 2.57 bits per heavy atom. The van der Waals surface area contributed by atoms with Gasteiger partial charge in [-0.05, 0) is 24.8 Å². The van der Waals surface area contributed by atoms with Gasteiger partial charge in [-0.1, -0.05) is 13.8 Å². The molecule has 0 amide bonds. The van der Waals surface area contributed by atoms with Crippen LogP contribution in [0.25, 0.3) is 0 Å². The maximum Gasteiger partial charge on any atom is 0.142 e. The van der Waals surface area contributed by atoms with Crippen LogP contribution in [0.2, 0.25) is 0 Å². The largest absolute Gasteiger partial charge is 0.506 e. The van der Waals surface area contributed by atoms with Crippen molar-refractivity contribution in [2.45, 2.75) is 33.8 Å². The Morgan fingerprint density at radius 1 is 1.43 bits per heavy atom. The summed E-state index contributed by atoms with van der Waals surface area (Å²) in [4.78, 5) is 4.08. The van der Waals surface area contributed by atoms with Crippen molar-refractivity contribution < 1.29 is 10.2 Å². The van der Waals surface area contributed by atoms with E-state index in [1.807, 2.05) is 0 Å². The van der Waals surface area contributed by atoms with Gasteiger partial charge in [0.2, 0.25) is 0 Å². The second kappa shape index (κ2) is 4.42. The van der Waals surface area contributed by atoms with Crippen LogP contribution < -0.4 is 0 Å². The molecule has 14 heavy (non-hydrogen) atoms. The first-order valence-corrected chi connectivity index (χ1v) is 4.83. The second-order valence-corrected chi connectivity index (χ2v) is 3.95. The molecule has 0 spiro atoms. The summed E-state index contributed by atoms with van der Waals surface area (Å²) in [5.74, 6) is 0.620. The number of rotatable bonds is 3. The third-order valence-corrected chi connectivity index (χ3v) is 2.22. The van der Waals surface area contributed by atoms with E-state index < -0.39 is 0 Å². The SMILES string of the molecule is Cc1ncc(CC(C)C)c(CO)c1O. The summed E-state index contributed by atoms with van der Waals surface area (Å²) in [5.41, 5.74) is 2.12. The van der Waals surface area contributed by atoms with Crippen molar-refractivity contribution in [2.24, 2.45) is 5.92 Å². The highest BCUT2D eigenvalue weighted by atomic mass is 16.3. The lowest BCUT2D eigenvalue weighted by molar-refractivity contribution is 0.273. The molecule has 0 saturated heterocycles. The molecule has 3 heteroatoms. The van der Waals surface area contributed by atoms with E-state index in [1.54, 1.807) is 13.1 Å². The van der Waals surface area contributed by atoms with E-state index in [0.29, 0.717) is 17.2 Å². The van der Waals surface area contributed by atoms with E-state index in [-0.39, 0.29) is 12.4 Å². The summed E-state index contributed by atoms with van der Waals surface area (Å²) in [7, 11) is 0. The van der Waals surface area contributed by atoms with Crippen molar-refractivity contribution in [3.8, 4) is 5.75 Å². The molecule has 0 unspecified atom stereocenters. The van der Waals surface area contributed by atoms with Crippen LogP contribution >= 0.6 is 0 Å². The lowest BCUT2D eigenvalue weighted by atomic mass is 9.99. The number of aromatic nitrogens is 1. The van der Waals surface area contributed by atoms with E-state index in [9.17, 15) is 5.11 Å². The highest BCUT2D eigenvalue weighted by Crippen LogP contribution is 2.25. The zero-order chi connectivity index (χ0) is 10.7. The van der Waals surface area contributed by atoms with Crippen molar-refractivity contribution in [3.05, 3.63) is 23.0 Å². The van der Waals surface area contributed by atoms with Gasteiger partial charge in [0.05, 0.1) is 12.3 Å². The lowest BCUT2D eigenvalue weighted by Gasteiger charge is -2.12. The average molecular weight is 195 g/mol. The molecule has 3 nitrogen and oxygen atoms in total. The molecular formula is C11H17NO2. The Morgan fingerprint density at radius 2 is 2.07 bits per heavy atom. The summed E-state index contributed by atoms with van der Waals surface area (Å²) < 4.78 is 0. The number of aryl methyl sites for hydroxylation is 1. The second-order valence-electron chi connectivity index (χ2n) is 3.95. The molecule has 0 atom stereocenters. The van der Waals surface area contributed by atoms with Crippen LogP contribution in [-0.2, 0) is 13.0 Å². The summed E-state index contributed by atoms with van der Waals surface area (Å²) in [6.45, 7) is 5.79. The van der Waals surface area contributed by atoms with Crippen LogP contribution in [0.15, 0.2) is 6.20 Å². The molecule has 0 aromatic carbocycles. The third kappa shape index (κ3) is 2.23. The Balaban J connectivity index is 3.10. The summed E-state index contributed by atoms with van der Waals surface area (Å²) in [5, 5.41) is 18.8. The lowest BCUT2D eigenvalue weighted by Crippen LogP contribution is -2.02. The van der Waals surface area contributed by atoms with Crippen LogP contribution in [0.1, 0.15) is 30.7 Å². The van der Waals surface area contributed by atoms with Gasteiger partial charge in [-0.15, -0.1) is 0 Å². The first kappa shape index (κ1) is 11.0. The van der Waals surface area contributed by atoms with Crippen molar-refractivity contribution in [2.75, 3.05) is 0 Å². The maximum atomic E-state index is 9.67. The van der Waals surface area contributed by atoms with Crippen molar-refractivity contribution in [1.82, 2.24) is 4.98 Å². The molecule has 2 N–H and O–H groups in total. The molecule has 0 aliphatic carbocycles. The molecule has 0 aliphatic rings. The van der Waals surface area contributed by atoms with E-state index in [1.165, 1.54) is 0 Å². The minimum Gasteiger partial charge on any atom is -0.506 e. The van der Waals surface area contributed by atoms with Crippen molar-refractivity contribution >= 4 is 0 Å². The Bertz CT molecular complexity index is 321. The van der Waals surface area contributed by atoms with Crippen LogP contribution in [0.3, 0.4) is 0 Å². The molecule has 0 fully saturated rings. The van der Waals surface area contributed by atoms with Crippen LogP contribution in [0.4, 0.5) is 0 Å². The first-order valence-electron chi connectivity index (χ1n) is 4.83. The minimum absolute atomic E-state index is 0.128. The van der Waals surface area contributed by atoms with Crippen molar-refractivity contribution in [3.63, 3.8) is 0 Å². The van der Waals surface area contributed by atoms with Gasteiger partial charge in [-0.2, -0.15) is 0 Å². The number of nitrogens with zero attached hydrogens (tertiary/aromatic N) is 1. The van der Waals surface area contributed by atoms with Crippen molar-refractivity contribution in [1.29, 1.82) is 0 Å². The van der Waals surface area contributed by atoms with E-state index in [4.69, 9.17) is 5.11 Å².